The lowest BCUT2D eigenvalue weighted by Gasteiger charge is -2.25. The molecule has 1 amide bonds. The van der Waals surface area contributed by atoms with Gasteiger partial charge in [0.15, 0.2) is 0 Å². The minimum atomic E-state index is 0.323. The highest BCUT2D eigenvalue weighted by Gasteiger charge is 2.57. The molecule has 2 fully saturated rings. The zero-order valence-electron chi connectivity index (χ0n) is 11.4. The van der Waals surface area contributed by atoms with E-state index >= 15 is 0 Å². The third-order valence-electron chi connectivity index (χ3n) is 4.22. The van der Waals surface area contributed by atoms with E-state index in [0.717, 1.165) is 6.54 Å². The Bertz CT molecular complexity index is 333. The van der Waals surface area contributed by atoms with Crippen LogP contribution in [0.3, 0.4) is 0 Å². The molecule has 2 saturated carbocycles. The molecular weight excluding hydrogens is 244 g/mol. The summed E-state index contributed by atoms with van der Waals surface area (Å²) >= 11 is 4.92. The van der Waals surface area contributed by atoms with E-state index in [9.17, 15) is 4.79 Å². The van der Waals surface area contributed by atoms with Crippen molar-refractivity contribution in [3.05, 3.63) is 0 Å². The molecule has 0 saturated heterocycles. The van der Waals surface area contributed by atoms with Gasteiger partial charge in [-0.3, -0.25) is 4.79 Å². The van der Waals surface area contributed by atoms with Crippen LogP contribution < -0.4 is 5.73 Å². The maximum atomic E-state index is 12.5. The van der Waals surface area contributed by atoms with Crippen molar-refractivity contribution >= 4 is 23.1 Å². The fourth-order valence-corrected chi connectivity index (χ4v) is 3.47. The molecule has 2 unspecified atom stereocenters. The lowest BCUT2D eigenvalue weighted by atomic mass is 10.1. The van der Waals surface area contributed by atoms with Gasteiger partial charge in [-0.15, -0.1) is 0 Å². The SMILES string of the molecule is CC(C)CN(CCC(N)=S)C(=O)C1C2CCCC21. The summed E-state index contributed by atoms with van der Waals surface area (Å²) in [7, 11) is 0. The minimum absolute atomic E-state index is 0.323. The summed E-state index contributed by atoms with van der Waals surface area (Å²) in [5.74, 6) is 2.56. The molecule has 2 atom stereocenters. The second kappa shape index (κ2) is 5.55. The highest BCUT2D eigenvalue weighted by atomic mass is 32.1. The Labute approximate surface area is 115 Å². The van der Waals surface area contributed by atoms with Crippen LogP contribution in [0.2, 0.25) is 0 Å². The van der Waals surface area contributed by atoms with Crippen molar-refractivity contribution in [1.29, 1.82) is 0 Å². The standard InChI is InChI=1S/C14H24N2OS/c1-9(2)8-16(7-6-12(15)18)14(17)13-10-4-3-5-11(10)13/h9-11,13H,3-8H2,1-2H3,(H2,15,18). The fraction of sp³-hybridized carbons (Fsp3) is 0.857. The third-order valence-corrected chi connectivity index (χ3v) is 4.42. The molecule has 0 aliphatic heterocycles. The van der Waals surface area contributed by atoms with E-state index < -0.39 is 0 Å². The molecule has 102 valence electrons. The van der Waals surface area contributed by atoms with Gasteiger partial charge in [-0.05, 0) is 30.6 Å². The van der Waals surface area contributed by atoms with Crippen LogP contribution in [0.25, 0.3) is 0 Å². The van der Waals surface area contributed by atoms with Gasteiger partial charge in [0.05, 0.1) is 4.99 Å². The molecule has 2 N–H and O–H groups in total. The number of carbonyl (C=O) groups excluding carboxylic acids is 1. The van der Waals surface area contributed by atoms with Crippen LogP contribution in [0.4, 0.5) is 0 Å². The molecule has 0 bridgehead atoms. The number of amides is 1. The van der Waals surface area contributed by atoms with Crippen molar-refractivity contribution in [1.82, 2.24) is 4.90 Å². The molecule has 0 aromatic heterocycles. The van der Waals surface area contributed by atoms with Crippen molar-refractivity contribution in [2.45, 2.75) is 39.5 Å². The Balaban J connectivity index is 1.90. The number of hydrogen-bond acceptors (Lipinski definition) is 2. The van der Waals surface area contributed by atoms with E-state index in [-0.39, 0.29) is 0 Å². The van der Waals surface area contributed by atoms with Crippen molar-refractivity contribution < 1.29 is 4.79 Å². The molecule has 4 heteroatoms. The second-order valence-electron chi connectivity index (χ2n) is 6.18. The highest BCUT2D eigenvalue weighted by Crippen LogP contribution is 2.58. The highest BCUT2D eigenvalue weighted by molar-refractivity contribution is 7.80. The number of nitrogens with two attached hydrogens (primary N) is 1. The zero-order chi connectivity index (χ0) is 13.3. The maximum absolute atomic E-state index is 12.5. The van der Waals surface area contributed by atoms with E-state index in [2.05, 4.69) is 13.8 Å². The fourth-order valence-electron chi connectivity index (χ4n) is 3.38. The van der Waals surface area contributed by atoms with Crippen LogP contribution >= 0.6 is 12.2 Å². The van der Waals surface area contributed by atoms with Gasteiger partial charge in [0.25, 0.3) is 0 Å². The van der Waals surface area contributed by atoms with Crippen molar-refractivity contribution in [3.63, 3.8) is 0 Å². The Morgan fingerprint density at radius 1 is 1.39 bits per heavy atom. The van der Waals surface area contributed by atoms with Crippen LogP contribution in [-0.2, 0) is 4.79 Å². The summed E-state index contributed by atoms with van der Waals surface area (Å²) in [6, 6.07) is 0. The van der Waals surface area contributed by atoms with Crippen LogP contribution in [0.5, 0.6) is 0 Å². The molecule has 0 radical (unpaired) electrons. The first kappa shape index (κ1) is 13.8. The summed E-state index contributed by atoms with van der Waals surface area (Å²) in [6.45, 7) is 5.82. The predicted molar refractivity (Wildman–Crippen MR) is 77.1 cm³/mol. The van der Waals surface area contributed by atoms with Gasteiger partial charge in [-0.25, -0.2) is 0 Å². The summed E-state index contributed by atoms with van der Waals surface area (Å²) in [4.78, 5) is 15.0. The van der Waals surface area contributed by atoms with Gasteiger partial charge in [0, 0.05) is 25.4 Å². The molecule has 0 heterocycles. The second-order valence-corrected chi connectivity index (χ2v) is 6.70. The maximum Gasteiger partial charge on any atom is 0.226 e. The number of hydrogen-bond donors (Lipinski definition) is 1. The number of thiocarbonyl (C=S) groups is 1. The first-order valence-electron chi connectivity index (χ1n) is 7.07. The Morgan fingerprint density at radius 3 is 2.50 bits per heavy atom. The summed E-state index contributed by atoms with van der Waals surface area (Å²) in [5.41, 5.74) is 5.55. The lowest BCUT2D eigenvalue weighted by Crippen LogP contribution is -2.38. The Morgan fingerprint density at radius 2 is 2.00 bits per heavy atom. The van der Waals surface area contributed by atoms with Gasteiger partial charge in [-0.1, -0.05) is 32.5 Å². The molecule has 0 aromatic rings. The Hall–Kier alpha value is -0.640. The van der Waals surface area contributed by atoms with Crippen LogP contribution in [0, 0.1) is 23.7 Å². The normalized spacial score (nSPS) is 29.2. The predicted octanol–water partition coefficient (Wildman–Crippen LogP) is 2.19. The molecule has 2 aliphatic carbocycles. The van der Waals surface area contributed by atoms with Gasteiger partial charge in [0.2, 0.25) is 5.91 Å². The average Bonchev–Trinajstić information content (AvgIpc) is 2.76. The number of nitrogens with zero attached hydrogens (tertiary/aromatic N) is 1. The van der Waals surface area contributed by atoms with Crippen molar-refractivity contribution in [2.75, 3.05) is 13.1 Å². The van der Waals surface area contributed by atoms with Gasteiger partial charge < -0.3 is 10.6 Å². The van der Waals surface area contributed by atoms with Gasteiger partial charge in [-0.2, -0.15) is 0 Å². The van der Waals surface area contributed by atoms with Crippen LogP contribution in [0.1, 0.15) is 39.5 Å². The third kappa shape index (κ3) is 3.02. The molecule has 3 nitrogen and oxygen atoms in total. The molecule has 0 spiro atoms. The monoisotopic (exact) mass is 268 g/mol. The Kier molecular flexibility index (Phi) is 4.25. The van der Waals surface area contributed by atoms with E-state index in [4.69, 9.17) is 18.0 Å². The summed E-state index contributed by atoms with van der Waals surface area (Å²) in [6.07, 6.45) is 4.48. The quantitative estimate of drug-likeness (QED) is 0.751. The first-order valence-corrected chi connectivity index (χ1v) is 7.48. The lowest BCUT2D eigenvalue weighted by molar-refractivity contribution is -0.133. The van der Waals surface area contributed by atoms with E-state index in [1.54, 1.807) is 0 Å². The minimum Gasteiger partial charge on any atom is -0.393 e. The molecular formula is C14H24N2OS. The molecule has 2 aliphatic rings. The first-order chi connectivity index (χ1) is 8.50. The molecule has 0 aromatic carbocycles. The average molecular weight is 268 g/mol. The number of fused-ring (bicyclic) bond motifs is 1. The van der Waals surface area contributed by atoms with E-state index in [1.165, 1.54) is 19.3 Å². The topological polar surface area (TPSA) is 46.3 Å². The zero-order valence-corrected chi connectivity index (χ0v) is 12.2. The molecule has 2 rings (SSSR count). The van der Waals surface area contributed by atoms with Gasteiger partial charge >= 0.3 is 0 Å². The smallest absolute Gasteiger partial charge is 0.226 e. The summed E-state index contributed by atoms with van der Waals surface area (Å²) < 4.78 is 0. The van der Waals surface area contributed by atoms with Crippen LogP contribution in [-0.4, -0.2) is 28.9 Å². The largest absolute Gasteiger partial charge is 0.393 e. The van der Waals surface area contributed by atoms with Crippen molar-refractivity contribution in [3.8, 4) is 0 Å². The van der Waals surface area contributed by atoms with E-state index in [0.29, 0.717) is 47.5 Å². The molecule has 18 heavy (non-hydrogen) atoms. The summed E-state index contributed by atoms with van der Waals surface area (Å²) in [5, 5.41) is 0. The van der Waals surface area contributed by atoms with Crippen LogP contribution in [0.15, 0.2) is 0 Å². The van der Waals surface area contributed by atoms with Gasteiger partial charge in [0.1, 0.15) is 0 Å². The number of rotatable bonds is 6. The number of carbonyl (C=O) groups is 1. The van der Waals surface area contributed by atoms with E-state index in [1.807, 2.05) is 4.90 Å². The van der Waals surface area contributed by atoms with Crippen molar-refractivity contribution in [2.24, 2.45) is 29.4 Å².